The highest BCUT2D eigenvalue weighted by atomic mass is 15.2. The largest absolute Gasteiger partial charge is 0.315 e. The van der Waals surface area contributed by atoms with E-state index in [0.717, 1.165) is 0 Å². The van der Waals surface area contributed by atoms with E-state index in [9.17, 15) is 0 Å². The molecule has 0 aromatic rings. The molecule has 2 unspecified atom stereocenters. The zero-order valence-corrected chi connectivity index (χ0v) is 8.64. The average Bonchev–Trinajstić information content (AvgIpc) is 2.58. The van der Waals surface area contributed by atoms with Crippen molar-refractivity contribution >= 4 is 0 Å². The summed E-state index contributed by atoms with van der Waals surface area (Å²) in [7, 11) is 2.07. The van der Waals surface area contributed by atoms with Gasteiger partial charge in [-0.25, -0.2) is 0 Å². The molecule has 1 saturated heterocycles. The van der Waals surface area contributed by atoms with Gasteiger partial charge in [-0.05, 0) is 46.3 Å². The first kappa shape index (κ1) is 10.0. The lowest BCUT2D eigenvalue weighted by atomic mass is 10.1. The number of hydrogen-bond donors (Lipinski definition) is 1. The molecule has 0 aromatic heterocycles. The second-order valence-corrected chi connectivity index (χ2v) is 3.79. The van der Waals surface area contributed by atoms with Crippen LogP contribution in [0.5, 0.6) is 0 Å². The monoisotopic (exact) mass is 170 g/mol. The fourth-order valence-corrected chi connectivity index (χ4v) is 2.19. The minimum atomic E-state index is 0.670. The summed E-state index contributed by atoms with van der Waals surface area (Å²) in [4.78, 5) is 2.60. The van der Waals surface area contributed by atoms with Crippen LogP contribution < -0.4 is 5.32 Å². The van der Waals surface area contributed by atoms with Crippen molar-refractivity contribution in [1.82, 2.24) is 10.2 Å². The van der Waals surface area contributed by atoms with Gasteiger partial charge in [0.25, 0.3) is 0 Å². The summed E-state index contributed by atoms with van der Waals surface area (Å²) in [6.07, 6.45) is 4.02. The molecule has 0 aliphatic carbocycles. The van der Waals surface area contributed by atoms with E-state index in [1.54, 1.807) is 0 Å². The zero-order chi connectivity index (χ0) is 8.97. The highest BCUT2D eigenvalue weighted by Crippen LogP contribution is 2.14. The second-order valence-electron chi connectivity index (χ2n) is 3.79. The van der Waals surface area contributed by atoms with Crippen LogP contribution in [-0.2, 0) is 0 Å². The van der Waals surface area contributed by atoms with Crippen molar-refractivity contribution in [2.75, 3.05) is 20.1 Å². The fraction of sp³-hybridized carbons (Fsp3) is 1.00. The lowest BCUT2D eigenvalue weighted by Gasteiger charge is -2.30. The molecular formula is C10H22N2. The Kier molecular flexibility index (Phi) is 4.02. The molecule has 2 heteroatoms. The highest BCUT2D eigenvalue weighted by molar-refractivity contribution is 4.81. The van der Waals surface area contributed by atoms with Gasteiger partial charge in [-0.15, -0.1) is 0 Å². The summed E-state index contributed by atoms with van der Waals surface area (Å²) in [5, 5.41) is 3.39. The van der Waals surface area contributed by atoms with E-state index < -0.39 is 0 Å². The zero-order valence-electron chi connectivity index (χ0n) is 8.64. The smallest absolute Gasteiger partial charge is 0.0220 e. The molecule has 72 valence electrons. The number of likely N-dealkylation sites (N-methyl/N-ethyl adjacent to an activating group) is 1. The van der Waals surface area contributed by atoms with Crippen LogP contribution in [0, 0.1) is 0 Å². The van der Waals surface area contributed by atoms with Crippen molar-refractivity contribution in [1.29, 1.82) is 0 Å². The van der Waals surface area contributed by atoms with Crippen LogP contribution in [0.3, 0.4) is 0 Å². The molecule has 0 amide bonds. The fourth-order valence-electron chi connectivity index (χ4n) is 2.19. The highest BCUT2D eigenvalue weighted by Gasteiger charge is 2.22. The van der Waals surface area contributed by atoms with Gasteiger partial charge in [-0.2, -0.15) is 0 Å². The number of nitrogens with zero attached hydrogens (tertiary/aromatic N) is 1. The summed E-state index contributed by atoms with van der Waals surface area (Å²) in [6.45, 7) is 7.21. The van der Waals surface area contributed by atoms with Gasteiger partial charge >= 0.3 is 0 Å². The number of hydrogen-bond acceptors (Lipinski definition) is 2. The average molecular weight is 170 g/mol. The maximum Gasteiger partial charge on any atom is 0.0220 e. The Balaban J connectivity index is 2.37. The van der Waals surface area contributed by atoms with Gasteiger partial charge < -0.3 is 5.32 Å². The van der Waals surface area contributed by atoms with E-state index in [1.807, 2.05) is 0 Å². The lowest BCUT2D eigenvalue weighted by molar-refractivity contribution is 0.208. The molecule has 1 aliphatic heterocycles. The third-order valence-electron chi connectivity index (χ3n) is 3.11. The van der Waals surface area contributed by atoms with Crippen LogP contribution in [0.25, 0.3) is 0 Å². The van der Waals surface area contributed by atoms with Crippen molar-refractivity contribution in [2.45, 2.75) is 45.2 Å². The van der Waals surface area contributed by atoms with Crippen LogP contribution in [0.15, 0.2) is 0 Å². The number of likely N-dealkylation sites (tertiary alicyclic amines) is 1. The maximum atomic E-state index is 3.39. The molecular weight excluding hydrogens is 148 g/mol. The summed E-state index contributed by atoms with van der Waals surface area (Å²) in [5.41, 5.74) is 0. The second kappa shape index (κ2) is 4.83. The van der Waals surface area contributed by atoms with Crippen molar-refractivity contribution in [2.24, 2.45) is 0 Å². The van der Waals surface area contributed by atoms with E-state index in [-0.39, 0.29) is 0 Å². The Labute approximate surface area is 76.3 Å². The van der Waals surface area contributed by atoms with Crippen LogP contribution in [0.1, 0.15) is 33.1 Å². The van der Waals surface area contributed by atoms with E-state index in [1.165, 1.54) is 32.4 Å². The minimum absolute atomic E-state index is 0.670. The SMILES string of the molecule is CCC(NC)C(C)N1CCCC1. The Hall–Kier alpha value is -0.0800. The topological polar surface area (TPSA) is 15.3 Å². The molecule has 0 spiro atoms. The molecule has 1 rings (SSSR count). The summed E-state index contributed by atoms with van der Waals surface area (Å²) >= 11 is 0. The Morgan fingerprint density at radius 1 is 1.33 bits per heavy atom. The van der Waals surface area contributed by atoms with Gasteiger partial charge in [0.2, 0.25) is 0 Å². The van der Waals surface area contributed by atoms with Crippen molar-refractivity contribution in [3.8, 4) is 0 Å². The Morgan fingerprint density at radius 3 is 2.33 bits per heavy atom. The predicted molar refractivity (Wildman–Crippen MR) is 53.4 cm³/mol. The van der Waals surface area contributed by atoms with E-state index in [4.69, 9.17) is 0 Å². The van der Waals surface area contributed by atoms with Crippen LogP contribution >= 0.6 is 0 Å². The number of nitrogens with one attached hydrogen (secondary N) is 1. The van der Waals surface area contributed by atoms with Gasteiger partial charge in [-0.3, -0.25) is 4.90 Å². The van der Waals surface area contributed by atoms with Gasteiger partial charge in [0, 0.05) is 12.1 Å². The lowest BCUT2D eigenvalue weighted by Crippen LogP contribution is -2.45. The summed E-state index contributed by atoms with van der Waals surface area (Å²) < 4.78 is 0. The van der Waals surface area contributed by atoms with Crippen molar-refractivity contribution < 1.29 is 0 Å². The van der Waals surface area contributed by atoms with Gasteiger partial charge in [-0.1, -0.05) is 6.92 Å². The van der Waals surface area contributed by atoms with Crippen LogP contribution in [-0.4, -0.2) is 37.1 Å². The van der Waals surface area contributed by atoms with Crippen LogP contribution in [0.2, 0.25) is 0 Å². The number of rotatable bonds is 4. The van der Waals surface area contributed by atoms with Crippen molar-refractivity contribution in [3.05, 3.63) is 0 Å². The quantitative estimate of drug-likeness (QED) is 0.687. The standard InChI is InChI=1S/C10H22N2/c1-4-10(11-3)9(2)12-7-5-6-8-12/h9-11H,4-8H2,1-3H3. The summed E-state index contributed by atoms with van der Waals surface area (Å²) in [5.74, 6) is 0. The van der Waals surface area contributed by atoms with Gasteiger partial charge in [0.05, 0.1) is 0 Å². The maximum absolute atomic E-state index is 3.39. The first-order valence-electron chi connectivity index (χ1n) is 5.21. The van der Waals surface area contributed by atoms with E-state index in [0.29, 0.717) is 12.1 Å². The molecule has 0 bridgehead atoms. The molecule has 2 atom stereocenters. The van der Waals surface area contributed by atoms with Gasteiger partial charge in [0.15, 0.2) is 0 Å². The molecule has 12 heavy (non-hydrogen) atoms. The minimum Gasteiger partial charge on any atom is -0.315 e. The van der Waals surface area contributed by atoms with Gasteiger partial charge in [0.1, 0.15) is 0 Å². The Morgan fingerprint density at radius 2 is 1.92 bits per heavy atom. The predicted octanol–water partition coefficient (Wildman–Crippen LogP) is 1.47. The third-order valence-corrected chi connectivity index (χ3v) is 3.11. The Bertz CT molecular complexity index is 113. The first-order chi connectivity index (χ1) is 5.79. The van der Waals surface area contributed by atoms with Crippen molar-refractivity contribution in [3.63, 3.8) is 0 Å². The molecule has 1 heterocycles. The normalized spacial score (nSPS) is 24.2. The molecule has 1 fully saturated rings. The third kappa shape index (κ3) is 2.20. The molecule has 1 aliphatic rings. The molecule has 0 radical (unpaired) electrons. The molecule has 0 saturated carbocycles. The molecule has 2 nitrogen and oxygen atoms in total. The van der Waals surface area contributed by atoms with E-state index >= 15 is 0 Å². The summed E-state index contributed by atoms with van der Waals surface area (Å²) in [6, 6.07) is 1.38. The van der Waals surface area contributed by atoms with Crippen LogP contribution in [0.4, 0.5) is 0 Å². The first-order valence-corrected chi connectivity index (χ1v) is 5.21. The van der Waals surface area contributed by atoms with E-state index in [2.05, 4.69) is 31.1 Å². The molecule has 1 N–H and O–H groups in total. The molecule has 0 aromatic carbocycles.